The lowest BCUT2D eigenvalue weighted by Crippen LogP contribution is -2.22. The standard InChI is InChI=1S/C12H10BrClN2O2/c13-9-3-1-8(2-4-9)12(17)15-7-11-5-10(6-14)16-18-11/h1-5H,6-7H2,(H,15,17). The van der Waals surface area contributed by atoms with Crippen LogP contribution in [0.1, 0.15) is 21.8 Å². The summed E-state index contributed by atoms with van der Waals surface area (Å²) < 4.78 is 5.94. The lowest BCUT2D eigenvalue weighted by Gasteiger charge is -2.02. The van der Waals surface area contributed by atoms with Crippen molar-refractivity contribution in [2.45, 2.75) is 12.4 Å². The van der Waals surface area contributed by atoms with Crippen LogP contribution in [0.25, 0.3) is 0 Å². The molecule has 0 saturated carbocycles. The second kappa shape index (κ2) is 6.02. The van der Waals surface area contributed by atoms with Gasteiger partial charge >= 0.3 is 0 Å². The van der Waals surface area contributed by atoms with Crippen LogP contribution in [-0.2, 0) is 12.4 Å². The number of rotatable bonds is 4. The minimum atomic E-state index is -0.161. The molecule has 4 nitrogen and oxygen atoms in total. The van der Waals surface area contributed by atoms with Crippen LogP contribution >= 0.6 is 27.5 Å². The Bertz CT molecular complexity index is 539. The molecule has 0 spiro atoms. The second-order valence-corrected chi connectivity index (χ2v) is 4.79. The maximum Gasteiger partial charge on any atom is 0.251 e. The topological polar surface area (TPSA) is 55.1 Å². The Morgan fingerprint density at radius 1 is 1.39 bits per heavy atom. The Balaban J connectivity index is 1.93. The average Bonchev–Trinajstić information content (AvgIpc) is 2.85. The molecule has 2 aromatic rings. The van der Waals surface area contributed by atoms with Gasteiger partial charge in [0.05, 0.1) is 18.1 Å². The number of halogens is 2. The van der Waals surface area contributed by atoms with Crippen molar-refractivity contribution in [1.82, 2.24) is 10.5 Å². The lowest BCUT2D eigenvalue weighted by atomic mass is 10.2. The fraction of sp³-hybridized carbons (Fsp3) is 0.167. The molecule has 1 amide bonds. The minimum absolute atomic E-state index is 0.161. The van der Waals surface area contributed by atoms with Crippen LogP contribution in [0.5, 0.6) is 0 Å². The van der Waals surface area contributed by atoms with Crippen LogP contribution in [-0.4, -0.2) is 11.1 Å². The van der Waals surface area contributed by atoms with Crippen LogP contribution in [0.4, 0.5) is 0 Å². The number of benzene rings is 1. The summed E-state index contributed by atoms with van der Waals surface area (Å²) in [6.07, 6.45) is 0. The van der Waals surface area contributed by atoms with E-state index in [1.54, 1.807) is 18.2 Å². The summed E-state index contributed by atoms with van der Waals surface area (Å²) in [5.74, 6) is 0.715. The molecule has 0 radical (unpaired) electrons. The number of hydrogen-bond acceptors (Lipinski definition) is 3. The fourth-order valence-electron chi connectivity index (χ4n) is 1.37. The molecule has 1 aromatic carbocycles. The summed E-state index contributed by atoms with van der Waals surface area (Å²) in [6, 6.07) is 8.83. The number of carbonyl (C=O) groups is 1. The minimum Gasteiger partial charge on any atom is -0.359 e. The number of alkyl halides is 1. The highest BCUT2D eigenvalue weighted by Gasteiger charge is 2.07. The fourth-order valence-corrected chi connectivity index (χ4v) is 1.76. The maximum atomic E-state index is 11.8. The van der Waals surface area contributed by atoms with Crippen molar-refractivity contribution in [1.29, 1.82) is 0 Å². The molecule has 0 unspecified atom stereocenters. The molecule has 0 atom stereocenters. The van der Waals surface area contributed by atoms with Crippen LogP contribution in [0, 0.1) is 0 Å². The normalized spacial score (nSPS) is 10.3. The first-order chi connectivity index (χ1) is 8.69. The van der Waals surface area contributed by atoms with E-state index in [-0.39, 0.29) is 5.91 Å². The molecule has 0 bridgehead atoms. The van der Waals surface area contributed by atoms with Gasteiger partial charge < -0.3 is 9.84 Å². The van der Waals surface area contributed by atoms with Crippen LogP contribution in [0.3, 0.4) is 0 Å². The number of nitrogens with zero attached hydrogens (tertiary/aromatic N) is 1. The Labute approximate surface area is 117 Å². The molecule has 1 heterocycles. The van der Waals surface area contributed by atoms with Crippen molar-refractivity contribution < 1.29 is 9.32 Å². The summed E-state index contributed by atoms with van der Waals surface area (Å²) in [5.41, 5.74) is 1.25. The van der Waals surface area contributed by atoms with E-state index in [1.165, 1.54) is 0 Å². The summed E-state index contributed by atoms with van der Waals surface area (Å²) >= 11 is 8.91. The molecule has 6 heteroatoms. The van der Waals surface area contributed by atoms with Gasteiger partial charge in [-0.05, 0) is 24.3 Å². The largest absolute Gasteiger partial charge is 0.359 e. The van der Waals surface area contributed by atoms with E-state index in [0.29, 0.717) is 29.4 Å². The van der Waals surface area contributed by atoms with Crippen LogP contribution in [0.15, 0.2) is 39.3 Å². The van der Waals surface area contributed by atoms with Crippen molar-refractivity contribution in [2.24, 2.45) is 0 Å². The molecular weight excluding hydrogens is 320 g/mol. The lowest BCUT2D eigenvalue weighted by molar-refractivity contribution is 0.0947. The van der Waals surface area contributed by atoms with E-state index in [1.807, 2.05) is 12.1 Å². The molecule has 0 saturated heterocycles. The zero-order valence-corrected chi connectivity index (χ0v) is 11.7. The molecule has 1 aromatic heterocycles. The van der Waals surface area contributed by atoms with Crippen molar-refractivity contribution in [2.75, 3.05) is 0 Å². The van der Waals surface area contributed by atoms with E-state index in [9.17, 15) is 4.79 Å². The van der Waals surface area contributed by atoms with E-state index in [4.69, 9.17) is 16.1 Å². The predicted octanol–water partition coefficient (Wildman–Crippen LogP) is 3.11. The van der Waals surface area contributed by atoms with Gasteiger partial charge in [0.2, 0.25) is 0 Å². The zero-order valence-electron chi connectivity index (χ0n) is 9.32. The van der Waals surface area contributed by atoms with Crippen molar-refractivity contribution in [3.63, 3.8) is 0 Å². The van der Waals surface area contributed by atoms with Crippen LogP contribution < -0.4 is 5.32 Å². The first-order valence-corrected chi connectivity index (χ1v) is 6.56. The van der Waals surface area contributed by atoms with E-state index in [0.717, 1.165) is 4.47 Å². The van der Waals surface area contributed by atoms with Crippen LogP contribution in [0.2, 0.25) is 0 Å². The molecule has 0 fully saturated rings. The Kier molecular flexibility index (Phi) is 4.38. The van der Waals surface area contributed by atoms with Gasteiger partial charge in [-0.15, -0.1) is 11.6 Å². The molecule has 0 aliphatic carbocycles. The molecule has 18 heavy (non-hydrogen) atoms. The Hall–Kier alpha value is -1.33. The third-order valence-corrected chi connectivity index (χ3v) is 3.08. The van der Waals surface area contributed by atoms with Crippen molar-refractivity contribution in [3.8, 4) is 0 Å². The highest BCUT2D eigenvalue weighted by molar-refractivity contribution is 9.10. The third-order valence-electron chi connectivity index (χ3n) is 2.27. The van der Waals surface area contributed by atoms with Gasteiger partial charge in [0.1, 0.15) is 0 Å². The molecule has 94 valence electrons. The first-order valence-electron chi connectivity index (χ1n) is 5.23. The monoisotopic (exact) mass is 328 g/mol. The molecular formula is C12H10BrClN2O2. The molecule has 0 aliphatic rings. The number of hydrogen-bond donors (Lipinski definition) is 1. The van der Waals surface area contributed by atoms with Gasteiger partial charge in [-0.25, -0.2) is 0 Å². The molecule has 1 N–H and O–H groups in total. The highest BCUT2D eigenvalue weighted by atomic mass is 79.9. The first kappa shape index (κ1) is 13.1. The number of amides is 1. The Morgan fingerprint density at radius 3 is 2.72 bits per heavy atom. The molecule has 2 rings (SSSR count). The Morgan fingerprint density at radius 2 is 2.11 bits per heavy atom. The summed E-state index contributed by atoms with van der Waals surface area (Å²) in [5, 5.41) is 6.47. The number of nitrogens with one attached hydrogen (secondary N) is 1. The van der Waals surface area contributed by atoms with Gasteiger partial charge in [0.25, 0.3) is 5.91 Å². The van der Waals surface area contributed by atoms with Gasteiger partial charge in [-0.3, -0.25) is 4.79 Å². The quantitative estimate of drug-likeness (QED) is 0.877. The zero-order chi connectivity index (χ0) is 13.0. The summed E-state index contributed by atoms with van der Waals surface area (Å²) in [7, 11) is 0. The van der Waals surface area contributed by atoms with E-state index < -0.39 is 0 Å². The van der Waals surface area contributed by atoms with E-state index in [2.05, 4.69) is 26.4 Å². The summed E-state index contributed by atoms with van der Waals surface area (Å²) in [6.45, 7) is 0.290. The van der Waals surface area contributed by atoms with Gasteiger partial charge in [0, 0.05) is 16.1 Å². The average molecular weight is 330 g/mol. The number of aromatic nitrogens is 1. The predicted molar refractivity (Wildman–Crippen MR) is 71.4 cm³/mol. The number of carbonyl (C=O) groups excluding carboxylic acids is 1. The van der Waals surface area contributed by atoms with Crippen molar-refractivity contribution in [3.05, 3.63) is 51.8 Å². The maximum absolute atomic E-state index is 11.8. The SMILES string of the molecule is O=C(NCc1cc(CCl)no1)c1ccc(Br)cc1. The van der Waals surface area contributed by atoms with Gasteiger partial charge in [-0.2, -0.15) is 0 Å². The molecule has 0 aliphatic heterocycles. The van der Waals surface area contributed by atoms with Crippen molar-refractivity contribution >= 4 is 33.4 Å². The van der Waals surface area contributed by atoms with E-state index >= 15 is 0 Å². The third kappa shape index (κ3) is 3.34. The summed E-state index contributed by atoms with van der Waals surface area (Å²) in [4.78, 5) is 11.8. The van der Waals surface area contributed by atoms with Gasteiger partial charge in [-0.1, -0.05) is 21.1 Å². The second-order valence-electron chi connectivity index (χ2n) is 3.61. The smallest absolute Gasteiger partial charge is 0.251 e. The van der Waals surface area contributed by atoms with Gasteiger partial charge in [0.15, 0.2) is 5.76 Å². The highest BCUT2D eigenvalue weighted by Crippen LogP contribution is 2.11.